The lowest BCUT2D eigenvalue weighted by Crippen LogP contribution is -2.27. The summed E-state index contributed by atoms with van der Waals surface area (Å²) in [6.07, 6.45) is 5.97. The predicted octanol–water partition coefficient (Wildman–Crippen LogP) is 5.75. The molecule has 0 unspecified atom stereocenters. The summed E-state index contributed by atoms with van der Waals surface area (Å²) in [6.45, 7) is 10.9. The molecule has 1 atom stereocenters. The van der Waals surface area contributed by atoms with Crippen LogP contribution < -0.4 is 5.32 Å². The lowest BCUT2D eigenvalue weighted by molar-refractivity contribution is -0.0499. The van der Waals surface area contributed by atoms with Crippen LogP contribution in [0, 0.1) is 19.3 Å². The van der Waals surface area contributed by atoms with Crippen molar-refractivity contribution in [1.29, 1.82) is 0 Å². The summed E-state index contributed by atoms with van der Waals surface area (Å²) < 4.78 is 31.9. The van der Waals surface area contributed by atoms with E-state index in [1.165, 1.54) is 6.26 Å². The molecular formula is C29H35N5O3S. The molecule has 1 N–H and O–H groups in total. The third-order valence-corrected chi connectivity index (χ3v) is 8.39. The van der Waals surface area contributed by atoms with Crippen LogP contribution in [-0.2, 0) is 27.4 Å². The number of anilines is 2. The Morgan fingerprint density at radius 2 is 1.84 bits per heavy atom. The van der Waals surface area contributed by atoms with Crippen LogP contribution >= 0.6 is 0 Å². The minimum Gasteiger partial charge on any atom is -0.373 e. The zero-order valence-corrected chi connectivity index (χ0v) is 23.7. The first kappa shape index (κ1) is 26.4. The van der Waals surface area contributed by atoms with Crippen molar-refractivity contribution in [3.8, 4) is 0 Å². The maximum Gasteiger partial charge on any atom is 0.177 e. The molecule has 0 amide bonds. The maximum atomic E-state index is 12.9. The number of benzene rings is 1. The molecule has 9 heteroatoms. The summed E-state index contributed by atoms with van der Waals surface area (Å²) in [4.78, 5) is 18.9. The number of pyridine rings is 1. The number of sulfone groups is 1. The molecule has 1 aromatic carbocycles. The Balaban J connectivity index is 1.50. The van der Waals surface area contributed by atoms with E-state index in [-0.39, 0.29) is 16.4 Å². The molecule has 0 aliphatic carbocycles. The number of nitrogens with one attached hydrogen (secondary N) is 1. The van der Waals surface area contributed by atoms with E-state index in [1.54, 1.807) is 12.3 Å². The summed E-state index contributed by atoms with van der Waals surface area (Å²) in [7, 11) is -3.52. The van der Waals surface area contributed by atoms with E-state index in [9.17, 15) is 8.42 Å². The second-order valence-electron chi connectivity index (χ2n) is 11.3. The normalized spacial score (nSPS) is 18.7. The SMILES string of the molecule is CC1=Nc2c(Nc3ccc([C@@H]4CCC(C)(C)CO4)cc3S(C)(=O)=O)cc(Cc3cnc(C)c(C)n3)nc2C1. The van der Waals surface area contributed by atoms with Crippen molar-refractivity contribution < 1.29 is 13.2 Å². The second-order valence-corrected chi connectivity index (χ2v) is 13.3. The van der Waals surface area contributed by atoms with E-state index < -0.39 is 9.84 Å². The van der Waals surface area contributed by atoms with Gasteiger partial charge >= 0.3 is 0 Å². The van der Waals surface area contributed by atoms with Gasteiger partial charge in [0.15, 0.2) is 9.84 Å². The van der Waals surface area contributed by atoms with Crippen molar-refractivity contribution >= 4 is 32.6 Å². The highest BCUT2D eigenvalue weighted by atomic mass is 32.2. The van der Waals surface area contributed by atoms with E-state index >= 15 is 0 Å². The number of hydrogen-bond donors (Lipinski definition) is 1. The highest BCUT2D eigenvalue weighted by molar-refractivity contribution is 7.90. The van der Waals surface area contributed by atoms with Gasteiger partial charge < -0.3 is 10.1 Å². The zero-order chi connectivity index (χ0) is 27.2. The van der Waals surface area contributed by atoms with Gasteiger partial charge in [-0.3, -0.25) is 19.9 Å². The van der Waals surface area contributed by atoms with E-state index in [1.807, 2.05) is 39.0 Å². The summed E-state index contributed by atoms with van der Waals surface area (Å²) in [5, 5.41) is 3.39. The molecule has 5 rings (SSSR count). The molecule has 1 saturated heterocycles. The molecule has 8 nitrogen and oxygen atoms in total. The average Bonchev–Trinajstić information content (AvgIpc) is 3.21. The van der Waals surface area contributed by atoms with Crippen molar-refractivity contribution in [2.24, 2.45) is 10.4 Å². The van der Waals surface area contributed by atoms with E-state index in [0.717, 1.165) is 64.0 Å². The second kappa shape index (κ2) is 9.85. The Kier molecular flexibility index (Phi) is 6.86. The first-order chi connectivity index (χ1) is 17.9. The van der Waals surface area contributed by atoms with Gasteiger partial charge in [-0.15, -0.1) is 0 Å². The fraction of sp³-hybridized carbons (Fsp3) is 0.448. The fourth-order valence-corrected chi connectivity index (χ4v) is 5.85. The minimum absolute atomic E-state index is 0.110. The number of hydrogen-bond acceptors (Lipinski definition) is 8. The zero-order valence-electron chi connectivity index (χ0n) is 22.9. The molecule has 2 aliphatic heterocycles. The standard InChI is InChI=1S/C29H35N5O3S/c1-17-11-24-28(31-17)25(14-21(33-24)13-22-15-30-18(2)19(3)32-22)34-23-8-7-20(12-27(23)38(6,35)36)26-9-10-29(4,5)16-37-26/h7-8,12,14-15,26H,9-11,13,16H2,1-6H3,(H,33,34)/t26-/m0/s1. The van der Waals surface area contributed by atoms with Crippen molar-refractivity contribution in [3.05, 3.63) is 64.5 Å². The Labute approximate surface area is 224 Å². The molecule has 0 radical (unpaired) electrons. The van der Waals surface area contributed by atoms with Gasteiger partial charge in [-0.1, -0.05) is 19.9 Å². The van der Waals surface area contributed by atoms with Crippen LogP contribution in [-0.4, -0.2) is 41.9 Å². The molecule has 0 saturated carbocycles. The summed E-state index contributed by atoms with van der Waals surface area (Å²) >= 11 is 0. The maximum absolute atomic E-state index is 12.9. The topological polar surface area (TPSA) is 106 Å². The molecule has 200 valence electrons. The van der Waals surface area contributed by atoms with E-state index in [0.29, 0.717) is 25.1 Å². The van der Waals surface area contributed by atoms with Crippen LogP contribution in [0.15, 0.2) is 40.4 Å². The largest absolute Gasteiger partial charge is 0.373 e. The monoisotopic (exact) mass is 533 g/mol. The smallest absolute Gasteiger partial charge is 0.177 e. The minimum atomic E-state index is -3.52. The number of aromatic nitrogens is 3. The van der Waals surface area contributed by atoms with Gasteiger partial charge in [0.25, 0.3) is 0 Å². The van der Waals surface area contributed by atoms with Gasteiger partial charge in [-0.2, -0.15) is 0 Å². The number of aliphatic imine (C=N–C) groups is 1. The first-order valence-corrected chi connectivity index (χ1v) is 14.9. The average molecular weight is 534 g/mol. The first-order valence-electron chi connectivity index (χ1n) is 13.0. The van der Waals surface area contributed by atoms with Gasteiger partial charge in [0, 0.05) is 36.7 Å². The molecule has 2 aliphatic rings. The number of nitrogens with zero attached hydrogens (tertiary/aromatic N) is 4. The lowest BCUT2D eigenvalue weighted by atomic mass is 9.84. The summed E-state index contributed by atoms with van der Waals surface area (Å²) in [6, 6.07) is 7.48. The van der Waals surface area contributed by atoms with Crippen molar-refractivity contribution in [2.45, 2.75) is 71.3 Å². The summed E-state index contributed by atoms with van der Waals surface area (Å²) in [5.74, 6) is 0. The molecule has 0 bridgehead atoms. The van der Waals surface area contributed by atoms with Gasteiger partial charge in [0.1, 0.15) is 5.69 Å². The quantitative estimate of drug-likeness (QED) is 0.430. The van der Waals surface area contributed by atoms with Crippen LogP contribution in [0.25, 0.3) is 0 Å². The number of ether oxygens (including phenoxy) is 1. The van der Waals surface area contributed by atoms with Crippen LogP contribution in [0.5, 0.6) is 0 Å². The van der Waals surface area contributed by atoms with Crippen molar-refractivity contribution in [1.82, 2.24) is 15.0 Å². The van der Waals surface area contributed by atoms with Gasteiger partial charge in [0.05, 0.1) is 51.8 Å². The van der Waals surface area contributed by atoms with Gasteiger partial charge in [0.2, 0.25) is 0 Å². The van der Waals surface area contributed by atoms with Crippen molar-refractivity contribution in [3.63, 3.8) is 0 Å². The third-order valence-electron chi connectivity index (χ3n) is 7.25. The lowest BCUT2D eigenvalue weighted by Gasteiger charge is -2.35. The summed E-state index contributed by atoms with van der Waals surface area (Å²) in [5.41, 5.74) is 8.30. The molecule has 2 aromatic heterocycles. The molecule has 0 spiro atoms. The number of rotatable bonds is 6. The van der Waals surface area contributed by atoms with Crippen LogP contribution in [0.1, 0.15) is 73.7 Å². The molecule has 38 heavy (non-hydrogen) atoms. The molecule has 3 aromatic rings. The Morgan fingerprint density at radius 1 is 1.05 bits per heavy atom. The molecule has 4 heterocycles. The molecular weight excluding hydrogens is 498 g/mol. The van der Waals surface area contributed by atoms with Gasteiger partial charge in [-0.25, -0.2) is 8.42 Å². The van der Waals surface area contributed by atoms with Crippen LogP contribution in [0.4, 0.5) is 17.1 Å². The highest BCUT2D eigenvalue weighted by Gasteiger charge is 2.29. The number of aryl methyl sites for hydroxylation is 2. The number of fused-ring (bicyclic) bond motifs is 1. The molecule has 1 fully saturated rings. The third kappa shape index (κ3) is 5.63. The highest BCUT2D eigenvalue weighted by Crippen LogP contribution is 2.41. The van der Waals surface area contributed by atoms with Crippen LogP contribution in [0.2, 0.25) is 0 Å². The van der Waals surface area contributed by atoms with Gasteiger partial charge in [-0.05, 0) is 62.8 Å². The Bertz CT molecular complexity index is 1540. The van der Waals surface area contributed by atoms with E-state index in [2.05, 4.69) is 29.1 Å². The fourth-order valence-electron chi connectivity index (χ4n) is 4.98. The van der Waals surface area contributed by atoms with E-state index in [4.69, 9.17) is 14.7 Å². The predicted molar refractivity (Wildman–Crippen MR) is 150 cm³/mol. The Morgan fingerprint density at radius 3 is 2.53 bits per heavy atom. The Hall–Kier alpha value is -3.17. The van der Waals surface area contributed by atoms with Crippen molar-refractivity contribution in [2.75, 3.05) is 18.2 Å². The van der Waals surface area contributed by atoms with Crippen LogP contribution in [0.3, 0.4) is 0 Å².